The maximum absolute atomic E-state index is 10.7. The number of hydrogen-bond donors (Lipinski definition) is 2. The molecule has 1 aromatic carbocycles. The predicted molar refractivity (Wildman–Crippen MR) is 55.6 cm³/mol. The van der Waals surface area contributed by atoms with Crippen LogP contribution >= 0.6 is 11.6 Å². The molecule has 0 saturated carbocycles. The van der Waals surface area contributed by atoms with Gasteiger partial charge in [-0.05, 0) is 25.1 Å². The summed E-state index contributed by atoms with van der Waals surface area (Å²) in [7, 11) is 1.62. The second-order valence-corrected chi connectivity index (χ2v) is 3.38. The highest BCUT2D eigenvalue weighted by Crippen LogP contribution is 2.16. The van der Waals surface area contributed by atoms with E-state index in [2.05, 4.69) is 5.32 Å². The molecular formula is C10H12ClNO2. The molecule has 0 aliphatic rings. The van der Waals surface area contributed by atoms with Crippen LogP contribution in [0.25, 0.3) is 0 Å². The fourth-order valence-electron chi connectivity index (χ4n) is 1.20. The van der Waals surface area contributed by atoms with Gasteiger partial charge in [0.05, 0.1) is 0 Å². The van der Waals surface area contributed by atoms with Crippen molar-refractivity contribution in [2.45, 2.75) is 12.5 Å². The van der Waals surface area contributed by atoms with Crippen molar-refractivity contribution in [3.05, 3.63) is 34.9 Å². The maximum atomic E-state index is 10.7. The van der Waals surface area contributed by atoms with E-state index in [0.29, 0.717) is 11.4 Å². The molecule has 4 heteroatoms. The number of carbonyl (C=O) groups is 1. The molecule has 0 amide bonds. The number of halogens is 1. The zero-order valence-corrected chi connectivity index (χ0v) is 8.58. The Bertz CT molecular complexity index is 328. The molecule has 0 heterocycles. The van der Waals surface area contributed by atoms with Gasteiger partial charge in [-0.25, -0.2) is 0 Å². The summed E-state index contributed by atoms with van der Waals surface area (Å²) < 4.78 is 0. The molecule has 2 N–H and O–H groups in total. The Morgan fingerprint density at radius 1 is 1.57 bits per heavy atom. The molecule has 0 fully saturated rings. The summed E-state index contributed by atoms with van der Waals surface area (Å²) >= 11 is 5.91. The first-order chi connectivity index (χ1) is 6.65. The van der Waals surface area contributed by atoms with Crippen molar-refractivity contribution in [2.24, 2.45) is 0 Å². The van der Waals surface area contributed by atoms with Crippen molar-refractivity contribution in [1.82, 2.24) is 5.32 Å². The van der Waals surface area contributed by atoms with Crippen molar-refractivity contribution in [2.75, 3.05) is 7.05 Å². The molecule has 0 bridgehead atoms. The third-order valence-electron chi connectivity index (χ3n) is 2.03. The molecule has 0 spiro atoms. The topological polar surface area (TPSA) is 49.3 Å². The van der Waals surface area contributed by atoms with E-state index in [-0.39, 0.29) is 0 Å². The number of benzene rings is 1. The molecule has 0 radical (unpaired) electrons. The van der Waals surface area contributed by atoms with Crippen LogP contribution < -0.4 is 5.32 Å². The molecule has 0 aliphatic heterocycles. The number of rotatable bonds is 4. The Kier molecular flexibility index (Phi) is 3.92. The minimum absolute atomic E-state index is 0.394. The first kappa shape index (κ1) is 11.0. The summed E-state index contributed by atoms with van der Waals surface area (Å²) in [4.78, 5) is 10.7. The number of carboxylic acids is 1. The maximum Gasteiger partial charge on any atom is 0.321 e. The fraction of sp³-hybridized carbons (Fsp3) is 0.300. The average molecular weight is 214 g/mol. The Labute approximate surface area is 87.7 Å². The highest BCUT2D eigenvalue weighted by molar-refractivity contribution is 6.31. The molecule has 0 aliphatic carbocycles. The molecule has 14 heavy (non-hydrogen) atoms. The molecule has 1 aromatic rings. The summed E-state index contributed by atoms with van der Waals surface area (Å²) in [5.74, 6) is -0.868. The van der Waals surface area contributed by atoms with Gasteiger partial charge < -0.3 is 10.4 Å². The first-order valence-corrected chi connectivity index (χ1v) is 4.66. The number of nitrogens with one attached hydrogen (secondary N) is 1. The summed E-state index contributed by atoms with van der Waals surface area (Å²) in [6.07, 6.45) is 0.394. The standard InChI is InChI=1S/C10H12ClNO2/c1-12-9(10(13)14)6-7-4-2-3-5-8(7)11/h2-5,9,12H,6H2,1H3,(H,13,14)/t9-/m1/s1. The first-order valence-electron chi connectivity index (χ1n) is 4.28. The van der Waals surface area contributed by atoms with Crippen LogP contribution in [0.2, 0.25) is 5.02 Å². The zero-order valence-electron chi connectivity index (χ0n) is 7.83. The van der Waals surface area contributed by atoms with Gasteiger partial charge in [0.1, 0.15) is 6.04 Å². The van der Waals surface area contributed by atoms with Gasteiger partial charge in [-0.1, -0.05) is 29.8 Å². The molecule has 76 valence electrons. The van der Waals surface area contributed by atoms with Crippen LogP contribution in [0.3, 0.4) is 0 Å². The molecule has 1 rings (SSSR count). The van der Waals surface area contributed by atoms with Gasteiger partial charge in [0.15, 0.2) is 0 Å². The van der Waals surface area contributed by atoms with Crippen LogP contribution in [0.4, 0.5) is 0 Å². The van der Waals surface area contributed by atoms with Gasteiger partial charge in [0, 0.05) is 5.02 Å². The van der Waals surface area contributed by atoms with Gasteiger partial charge in [-0.3, -0.25) is 4.79 Å². The minimum atomic E-state index is -0.868. The van der Waals surface area contributed by atoms with Crippen molar-refractivity contribution < 1.29 is 9.90 Å². The Hall–Kier alpha value is -1.06. The van der Waals surface area contributed by atoms with Gasteiger partial charge in [0.2, 0.25) is 0 Å². The molecule has 0 aromatic heterocycles. The lowest BCUT2D eigenvalue weighted by Gasteiger charge is -2.11. The predicted octanol–water partition coefficient (Wildman–Crippen LogP) is 1.56. The SMILES string of the molecule is CN[C@H](Cc1ccccc1Cl)C(=O)O. The van der Waals surface area contributed by atoms with E-state index in [1.165, 1.54) is 0 Å². The largest absolute Gasteiger partial charge is 0.480 e. The van der Waals surface area contributed by atoms with E-state index in [1.54, 1.807) is 13.1 Å². The van der Waals surface area contributed by atoms with Crippen LogP contribution in [-0.4, -0.2) is 24.2 Å². The Morgan fingerprint density at radius 2 is 2.21 bits per heavy atom. The fourth-order valence-corrected chi connectivity index (χ4v) is 1.41. The normalized spacial score (nSPS) is 12.4. The molecule has 1 atom stereocenters. The molecule has 3 nitrogen and oxygen atoms in total. The van der Waals surface area contributed by atoms with Crippen LogP contribution in [0.5, 0.6) is 0 Å². The number of likely N-dealkylation sites (N-methyl/N-ethyl adjacent to an activating group) is 1. The second kappa shape index (κ2) is 4.98. The summed E-state index contributed by atoms with van der Waals surface area (Å²) in [6.45, 7) is 0. The smallest absolute Gasteiger partial charge is 0.321 e. The van der Waals surface area contributed by atoms with Crippen LogP contribution in [0.1, 0.15) is 5.56 Å². The van der Waals surface area contributed by atoms with E-state index < -0.39 is 12.0 Å². The van der Waals surface area contributed by atoms with Crippen LogP contribution in [0.15, 0.2) is 24.3 Å². The third-order valence-corrected chi connectivity index (χ3v) is 2.40. The lowest BCUT2D eigenvalue weighted by Crippen LogP contribution is -2.35. The summed E-state index contributed by atoms with van der Waals surface area (Å²) in [6, 6.07) is 6.66. The average Bonchev–Trinajstić information content (AvgIpc) is 2.16. The second-order valence-electron chi connectivity index (χ2n) is 2.98. The van der Waals surface area contributed by atoms with E-state index in [1.807, 2.05) is 18.2 Å². The van der Waals surface area contributed by atoms with Gasteiger partial charge in [-0.15, -0.1) is 0 Å². The quantitative estimate of drug-likeness (QED) is 0.798. The highest BCUT2D eigenvalue weighted by atomic mass is 35.5. The van der Waals surface area contributed by atoms with Crippen molar-refractivity contribution in [1.29, 1.82) is 0 Å². The lowest BCUT2D eigenvalue weighted by atomic mass is 10.1. The third kappa shape index (κ3) is 2.72. The van der Waals surface area contributed by atoms with E-state index in [4.69, 9.17) is 16.7 Å². The monoisotopic (exact) mass is 213 g/mol. The lowest BCUT2D eigenvalue weighted by molar-refractivity contribution is -0.139. The number of carboxylic acid groups (broad SMARTS) is 1. The van der Waals surface area contributed by atoms with Crippen molar-refractivity contribution >= 4 is 17.6 Å². The Morgan fingerprint density at radius 3 is 2.71 bits per heavy atom. The van der Waals surface area contributed by atoms with Gasteiger partial charge >= 0.3 is 5.97 Å². The zero-order chi connectivity index (χ0) is 10.6. The van der Waals surface area contributed by atoms with Crippen LogP contribution in [-0.2, 0) is 11.2 Å². The van der Waals surface area contributed by atoms with E-state index in [9.17, 15) is 4.79 Å². The Balaban J connectivity index is 2.77. The summed E-state index contributed by atoms with van der Waals surface area (Å²) in [5, 5.41) is 12.1. The molecule has 0 unspecified atom stereocenters. The van der Waals surface area contributed by atoms with E-state index in [0.717, 1.165) is 5.56 Å². The molecule has 0 saturated heterocycles. The van der Waals surface area contributed by atoms with Crippen molar-refractivity contribution in [3.63, 3.8) is 0 Å². The van der Waals surface area contributed by atoms with Crippen molar-refractivity contribution in [3.8, 4) is 0 Å². The number of aliphatic carboxylic acids is 1. The molecular weight excluding hydrogens is 202 g/mol. The van der Waals surface area contributed by atoms with Gasteiger partial charge in [-0.2, -0.15) is 0 Å². The van der Waals surface area contributed by atoms with E-state index >= 15 is 0 Å². The minimum Gasteiger partial charge on any atom is -0.480 e. The number of hydrogen-bond acceptors (Lipinski definition) is 2. The van der Waals surface area contributed by atoms with Crippen LogP contribution in [0, 0.1) is 0 Å². The highest BCUT2D eigenvalue weighted by Gasteiger charge is 2.16. The van der Waals surface area contributed by atoms with Gasteiger partial charge in [0.25, 0.3) is 0 Å². The summed E-state index contributed by atoms with van der Waals surface area (Å²) in [5.41, 5.74) is 0.843.